The maximum Gasteiger partial charge on any atom is 0.141 e. The lowest BCUT2D eigenvalue weighted by molar-refractivity contribution is -0.137. The van der Waals surface area contributed by atoms with E-state index in [0.29, 0.717) is 24.2 Å². The lowest BCUT2D eigenvalue weighted by atomic mass is 9.69. The maximum absolute atomic E-state index is 12.8. The van der Waals surface area contributed by atoms with E-state index in [1.807, 2.05) is 0 Å². The number of methoxy groups -OCH3 is 1. The fourth-order valence-electron chi connectivity index (χ4n) is 4.13. The van der Waals surface area contributed by atoms with Gasteiger partial charge in [-0.3, -0.25) is 4.79 Å². The normalized spacial score (nSPS) is 29.0. The molecule has 1 saturated carbocycles. The topological polar surface area (TPSA) is 26.3 Å². The van der Waals surface area contributed by atoms with Crippen LogP contribution in [0.2, 0.25) is 0 Å². The molecule has 0 aromatic rings. The van der Waals surface area contributed by atoms with E-state index in [9.17, 15) is 4.79 Å². The number of rotatable bonds is 11. The fourth-order valence-corrected chi connectivity index (χ4v) is 4.13. The molecule has 0 aliphatic heterocycles. The molecule has 0 amide bonds. The van der Waals surface area contributed by atoms with Crippen molar-refractivity contribution < 1.29 is 9.53 Å². The predicted octanol–water partition coefficient (Wildman–Crippen LogP) is 5.40. The molecule has 0 N–H and O–H groups in total. The fraction of sp³-hybridized carbons (Fsp3) is 0.947. The predicted molar refractivity (Wildman–Crippen MR) is 89.5 cm³/mol. The second kappa shape index (κ2) is 9.61. The first-order valence-corrected chi connectivity index (χ1v) is 9.11. The lowest BCUT2D eigenvalue weighted by Crippen LogP contribution is -2.42. The Morgan fingerprint density at radius 2 is 1.52 bits per heavy atom. The zero-order valence-electron chi connectivity index (χ0n) is 14.7. The first-order valence-electron chi connectivity index (χ1n) is 9.11. The number of unbranched alkanes of at least 4 members (excludes halogenated alkanes) is 6. The van der Waals surface area contributed by atoms with Crippen molar-refractivity contribution in [2.24, 2.45) is 17.3 Å². The van der Waals surface area contributed by atoms with E-state index in [4.69, 9.17) is 4.74 Å². The van der Waals surface area contributed by atoms with Crippen LogP contribution in [0.1, 0.15) is 85.0 Å². The van der Waals surface area contributed by atoms with Crippen LogP contribution in [0, 0.1) is 17.3 Å². The maximum atomic E-state index is 12.8. The Morgan fingerprint density at radius 1 is 1.00 bits per heavy atom. The number of carbonyl (C=O) groups excluding carboxylic acids is 1. The van der Waals surface area contributed by atoms with Gasteiger partial charge < -0.3 is 4.74 Å². The van der Waals surface area contributed by atoms with E-state index in [-0.39, 0.29) is 5.41 Å². The minimum atomic E-state index is -0.197. The molecule has 0 saturated heterocycles. The van der Waals surface area contributed by atoms with Gasteiger partial charge in [0.1, 0.15) is 5.78 Å². The number of hydrogen-bond acceptors (Lipinski definition) is 2. The highest BCUT2D eigenvalue weighted by molar-refractivity contribution is 5.86. The van der Waals surface area contributed by atoms with Crippen molar-refractivity contribution in [1.82, 2.24) is 0 Å². The Hall–Kier alpha value is -0.370. The molecule has 1 fully saturated rings. The molecular formula is C19H36O2. The lowest BCUT2D eigenvalue weighted by Gasteiger charge is -2.35. The van der Waals surface area contributed by atoms with E-state index in [0.717, 1.165) is 12.8 Å². The first-order chi connectivity index (χ1) is 10.1. The van der Waals surface area contributed by atoms with Gasteiger partial charge in [0.15, 0.2) is 0 Å². The SMILES string of the molecule is CCCCCCCCCC(=O)C1(COC)C(C)CCC1C. The minimum Gasteiger partial charge on any atom is -0.384 e. The van der Waals surface area contributed by atoms with Gasteiger partial charge in [0, 0.05) is 13.5 Å². The average Bonchev–Trinajstić information content (AvgIpc) is 2.75. The van der Waals surface area contributed by atoms with E-state index >= 15 is 0 Å². The van der Waals surface area contributed by atoms with Gasteiger partial charge in [0.25, 0.3) is 0 Å². The highest BCUT2D eigenvalue weighted by Crippen LogP contribution is 2.49. The van der Waals surface area contributed by atoms with Crippen molar-refractivity contribution in [1.29, 1.82) is 0 Å². The summed E-state index contributed by atoms with van der Waals surface area (Å²) in [7, 11) is 1.74. The summed E-state index contributed by atoms with van der Waals surface area (Å²) in [6.45, 7) is 7.35. The van der Waals surface area contributed by atoms with E-state index in [1.54, 1.807) is 7.11 Å². The third-order valence-corrected chi connectivity index (χ3v) is 5.70. The van der Waals surface area contributed by atoms with E-state index in [1.165, 1.54) is 51.4 Å². The van der Waals surface area contributed by atoms with E-state index < -0.39 is 0 Å². The molecule has 0 bridgehead atoms. The zero-order valence-corrected chi connectivity index (χ0v) is 14.7. The van der Waals surface area contributed by atoms with Crippen molar-refractivity contribution in [2.45, 2.75) is 85.0 Å². The second-order valence-corrected chi connectivity index (χ2v) is 7.15. The Kier molecular flexibility index (Phi) is 8.55. The molecule has 1 aliphatic rings. The van der Waals surface area contributed by atoms with Crippen molar-refractivity contribution in [3.8, 4) is 0 Å². The van der Waals surface area contributed by atoms with Gasteiger partial charge in [-0.05, 0) is 31.1 Å². The summed E-state index contributed by atoms with van der Waals surface area (Å²) < 4.78 is 5.44. The average molecular weight is 296 g/mol. The van der Waals surface area contributed by atoms with Crippen LogP contribution in [0.4, 0.5) is 0 Å². The Balaban J connectivity index is 2.37. The Bertz CT molecular complexity index is 288. The number of carbonyl (C=O) groups is 1. The molecule has 124 valence electrons. The summed E-state index contributed by atoms with van der Waals surface area (Å²) in [6.07, 6.45) is 12.0. The van der Waals surface area contributed by atoms with E-state index in [2.05, 4.69) is 20.8 Å². The van der Waals surface area contributed by atoms with Gasteiger partial charge in [-0.2, -0.15) is 0 Å². The van der Waals surface area contributed by atoms with Crippen LogP contribution in [0.3, 0.4) is 0 Å². The molecule has 21 heavy (non-hydrogen) atoms. The van der Waals surface area contributed by atoms with Gasteiger partial charge in [-0.15, -0.1) is 0 Å². The third-order valence-electron chi connectivity index (χ3n) is 5.70. The summed E-state index contributed by atoms with van der Waals surface area (Å²) >= 11 is 0. The summed E-state index contributed by atoms with van der Waals surface area (Å²) in [5.74, 6) is 1.42. The quantitative estimate of drug-likeness (QED) is 0.477. The molecular weight excluding hydrogens is 260 g/mol. The molecule has 0 spiro atoms. The molecule has 2 unspecified atom stereocenters. The molecule has 1 aliphatic carbocycles. The number of ketones is 1. The molecule has 2 heteroatoms. The molecule has 0 radical (unpaired) electrons. The van der Waals surface area contributed by atoms with Crippen molar-refractivity contribution in [3.63, 3.8) is 0 Å². The summed E-state index contributed by atoms with van der Waals surface area (Å²) in [6, 6.07) is 0. The van der Waals surface area contributed by atoms with Crippen LogP contribution in [0.25, 0.3) is 0 Å². The van der Waals surface area contributed by atoms with Gasteiger partial charge >= 0.3 is 0 Å². The molecule has 2 atom stereocenters. The number of Topliss-reactive ketones (excluding diaryl/α,β-unsaturated/α-hetero) is 1. The van der Waals surface area contributed by atoms with Gasteiger partial charge in [0.2, 0.25) is 0 Å². The molecule has 0 heterocycles. The standard InChI is InChI=1S/C19H36O2/c1-5-6-7-8-9-10-11-12-18(20)19(15-21-4)16(2)13-14-17(19)3/h16-17H,5-15H2,1-4H3. The van der Waals surface area contributed by atoms with Crippen LogP contribution < -0.4 is 0 Å². The van der Waals surface area contributed by atoms with Crippen LogP contribution >= 0.6 is 0 Å². The molecule has 1 rings (SSSR count). The van der Waals surface area contributed by atoms with Crippen LogP contribution in [-0.4, -0.2) is 19.5 Å². The second-order valence-electron chi connectivity index (χ2n) is 7.15. The zero-order chi connectivity index (χ0) is 15.7. The summed E-state index contributed by atoms with van der Waals surface area (Å²) in [4.78, 5) is 12.8. The third kappa shape index (κ3) is 4.81. The highest BCUT2D eigenvalue weighted by atomic mass is 16.5. The summed E-state index contributed by atoms with van der Waals surface area (Å²) in [5.41, 5.74) is -0.197. The minimum absolute atomic E-state index is 0.197. The highest BCUT2D eigenvalue weighted by Gasteiger charge is 2.50. The monoisotopic (exact) mass is 296 g/mol. The Labute approximate surface area is 132 Å². The van der Waals surface area contributed by atoms with Gasteiger partial charge in [0.05, 0.1) is 12.0 Å². The van der Waals surface area contributed by atoms with Crippen molar-refractivity contribution in [2.75, 3.05) is 13.7 Å². The van der Waals surface area contributed by atoms with Crippen LogP contribution in [0.15, 0.2) is 0 Å². The van der Waals surface area contributed by atoms with Crippen molar-refractivity contribution in [3.05, 3.63) is 0 Å². The van der Waals surface area contributed by atoms with Crippen LogP contribution in [-0.2, 0) is 9.53 Å². The number of ether oxygens (including phenoxy) is 1. The largest absolute Gasteiger partial charge is 0.384 e. The molecule has 2 nitrogen and oxygen atoms in total. The number of hydrogen-bond donors (Lipinski definition) is 0. The van der Waals surface area contributed by atoms with Crippen molar-refractivity contribution >= 4 is 5.78 Å². The Morgan fingerprint density at radius 3 is 2.05 bits per heavy atom. The molecule has 0 aromatic heterocycles. The first kappa shape index (κ1) is 18.7. The van der Waals surface area contributed by atoms with Crippen LogP contribution in [0.5, 0.6) is 0 Å². The van der Waals surface area contributed by atoms with Gasteiger partial charge in [-0.1, -0.05) is 59.3 Å². The van der Waals surface area contributed by atoms with Gasteiger partial charge in [-0.25, -0.2) is 0 Å². The summed E-state index contributed by atoms with van der Waals surface area (Å²) in [5, 5.41) is 0. The molecule has 0 aromatic carbocycles. The smallest absolute Gasteiger partial charge is 0.141 e.